The molecule has 1 aliphatic carbocycles. The highest BCUT2D eigenvalue weighted by Crippen LogP contribution is 2.29. The van der Waals surface area contributed by atoms with Crippen molar-refractivity contribution in [2.45, 2.75) is 26.2 Å². The molecule has 3 nitrogen and oxygen atoms in total. The Hall–Kier alpha value is -1.83. The second-order valence-electron chi connectivity index (χ2n) is 7.27. The fourth-order valence-electron chi connectivity index (χ4n) is 3.89. The number of hydrogen-bond acceptors (Lipinski definition) is 3. The summed E-state index contributed by atoms with van der Waals surface area (Å²) in [6, 6.07) is 11.0. The summed E-state index contributed by atoms with van der Waals surface area (Å²) in [7, 11) is -4.00. The van der Waals surface area contributed by atoms with Crippen molar-refractivity contribution in [3.8, 4) is 0 Å². The Labute approximate surface area is 137 Å². The second kappa shape index (κ2) is 4.37. The number of rotatable bonds is 0. The van der Waals surface area contributed by atoms with Gasteiger partial charge in [-0.2, -0.15) is 0 Å². The molecule has 5 heteroatoms. The van der Waals surface area contributed by atoms with Crippen LogP contribution in [0.15, 0.2) is 36.4 Å². The lowest BCUT2D eigenvalue weighted by Gasteiger charge is -2.22. The van der Waals surface area contributed by atoms with Gasteiger partial charge in [-0.1, -0.05) is 24.3 Å². The minimum absolute atomic E-state index is 0.0471. The molecule has 23 heavy (non-hydrogen) atoms. The molecule has 1 heterocycles. The second-order valence-corrected chi connectivity index (χ2v) is 15.2. The van der Waals surface area contributed by atoms with E-state index in [-0.39, 0.29) is 11.6 Å². The molecule has 0 amide bonds. The number of fused-ring (bicyclic) bond motifs is 3. The predicted octanol–water partition coefficient (Wildman–Crippen LogP) is 2.32. The van der Waals surface area contributed by atoms with Gasteiger partial charge in [-0.05, 0) is 48.7 Å². The van der Waals surface area contributed by atoms with E-state index in [4.69, 9.17) is 4.12 Å². The minimum Gasteiger partial charge on any atom is -0.449 e. The van der Waals surface area contributed by atoms with Gasteiger partial charge in [0.15, 0.2) is 11.6 Å². The van der Waals surface area contributed by atoms with Crippen molar-refractivity contribution < 1.29 is 13.7 Å². The first-order valence-corrected chi connectivity index (χ1v) is 13.6. The summed E-state index contributed by atoms with van der Waals surface area (Å²) in [4.78, 5) is 25.7. The summed E-state index contributed by atoms with van der Waals surface area (Å²) < 4.78 is 6.43. The van der Waals surface area contributed by atoms with Crippen LogP contribution in [0.1, 0.15) is 31.8 Å². The molecule has 0 atom stereocenters. The maximum absolute atomic E-state index is 12.9. The first-order valence-electron chi connectivity index (χ1n) is 7.80. The Bertz CT molecular complexity index is 825. The van der Waals surface area contributed by atoms with Crippen LogP contribution in [0.3, 0.4) is 0 Å². The Kier molecular flexibility index (Phi) is 2.80. The third kappa shape index (κ3) is 1.90. The lowest BCUT2D eigenvalue weighted by Crippen LogP contribution is -2.45. The van der Waals surface area contributed by atoms with Crippen LogP contribution in [0.2, 0.25) is 26.2 Å². The van der Waals surface area contributed by atoms with E-state index in [1.165, 1.54) is 10.4 Å². The van der Waals surface area contributed by atoms with Crippen LogP contribution in [0.25, 0.3) is 0 Å². The molecule has 0 radical (unpaired) electrons. The van der Waals surface area contributed by atoms with Crippen LogP contribution in [0.4, 0.5) is 0 Å². The Balaban J connectivity index is 2.02. The standard InChI is InChI=1S/C18H18O3Si2/c1-22(2)15-9-13-14(10-16(15)23(3,4)21-22)18(20)12-8-6-5-7-11(12)17(13)19/h5-10H,1-4H3. The van der Waals surface area contributed by atoms with E-state index in [1.807, 2.05) is 12.1 Å². The summed E-state index contributed by atoms with van der Waals surface area (Å²) in [5.74, 6) is -0.0941. The SMILES string of the molecule is C[Si]1(C)O[Si](C)(C)c2cc3c(cc21)C(=O)c1ccccc1C3=O. The molecular formula is C18H18O3Si2. The molecule has 0 saturated heterocycles. The summed E-state index contributed by atoms with van der Waals surface area (Å²) in [6.07, 6.45) is 0. The van der Waals surface area contributed by atoms with Crippen LogP contribution in [0, 0.1) is 0 Å². The van der Waals surface area contributed by atoms with Crippen molar-refractivity contribution >= 4 is 38.6 Å². The quantitative estimate of drug-likeness (QED) is 0.591. The van der Waals surface area contributed by atoms with Crippen molar-refractivity contribution in [2.24, 2.45) is 0 Å². The van der Waals surface area contributed by atoms with E-state index < -0.39 is 16.6 Å². The molecule has 2 aromatic carbocycles. The smallest absolute Gasteiger partial charge is 0.206 e. The number of carbonyl (C=O) groups excluding carboxylic acids is 2. The fraction of sp³-hybridized carbons (Fsp3) is 0.222. The summed E-state index contributed by atoms with van der Waals surface area (Å²) in [6.45, 7) is 8.68. The van der Waals surface area contributed by atoms with Gasteiger partial charge in [-0.3, -0.25) is 9.59 Å². The highest BCUT2D eigenvalue weighted by molar-refractivity contribution is 7.05. The highest BCUT2D eigenvalue weighted by Gasteiger charge is 2.47. The van der Waals surface area contributed by atoms with E-state index in [1.54, 1.807) is 24.3 Å². The zero-order valence-corrected chi connectivity index (χ0v) is 15.7. The highest BCUT2D eigenvalue weighted by atomic mass is 28.4. The number of carbonyl (C=O) groups is 2. The van der Waals surface area contributed by atoms with Crippen molar-refractivity contribution in [3.05, 3.63) is 58.7 Å². The molecule has 0 fully saturated rings. The van der Waals surface area contributed by atoms with E-state index in [9.17, 15) is 9.59 Å². The van der Waals surface area contributed by atoms with Gasteiger partial charge in [0.2, 0.25) is 16.6 Å². The summed E-state index contributed by atoms with van der Waals surface area (Å²) in [5.41, 5.74) is 2.12. The van der Waals surface area contributed by atoms with Crippen molar-refractivity contribution in [3.63, 3.8) is 0 Å². The molecule has 0 unspecified atom stereocenters. The Morgan fingerprint density at radius 3 is 1.48 bits per heavy atom. The molecule has 0 aromatic heterocycles. The normalized spacial score (nSPS) is 20.0. The average molecular weight is 339 g/mol. The van der Waals surface area contributed by atoms with Crippen LogP contribution in [-0.4, -0.2) is 28.2 Å². The molecule has 2 aromatic rings. The third-order valence-electron chi connectivity index (χ3n) is 4.87. The number of ketones is 2. The summed E-state index contributed by atoms with van der Waals surface area (Å²) in [5, 5.41) is 2.38. The summed E-state index contributed by atoms with van der Waals surface area (Å²) >= 11 is 0. The third-order valence-corrected chi connectivity index (χ3v) is 12.6. The largest absolute Gasteiger partial charge is 0.449 e. The topological polar surface area (TPSA) is 43.4 Å². The van der Waals surface area contributed by atoms with E-state index in [2.05, 4.69) is 26.2 Å². The molecule has 2 aliphatic rings. The van der Waals surface area contributed by atoms with Gasteiger partial charge in [-0.25, -0.2) is 0 Å². The van der Waals surface area contributed by atoms with E-state index in [0.29, 0.717) is 22.3 Å². The first-order chi connectivity index (χ1) is 10.7. The lowest BCUT2D eigenvalue weighted by atomic mass is 9.84. The van der Waals surface area contributed by atoms with Crippen LogP contribution < -0.4 is 10.4 Å². The molecule has 0 N–H and O–H groups in total. The van der Waals surface area contributed by atoms with E-state index in [0.717, 1.165) is 0 Å². The maximum atomic E-state index is 12.9. The van der Waals surface area contributed by atoms with Crippen LogP contribution in [0.5, 0.6) is 0 Å². The van der Waals surface area contributed by atoms with Crippen LogP contribution >= 0.6 is 0 Å². The maximum Gasteiger partial charge on any atom is 0.206 e. The number of benzene rings is 2. The molecule has 0 bridgehead atoms. The van der Waals surface area contributed by atoms with Crippen LogP contribution in [-0.2, 0) is 4.12 Å². The zero-order chi connectivity index (χ0) is 16.6. The zero-order valence-electron chi connectivity index (χ0n) is 13.7. The Morgan fingerprint density at radius 1 is 0.696 bits per heavy atom. The molecule has 4 rings (SSSR count). The van der Waals surface area contributed by atoms with Gasteiger partial charge in [-0.15, -0.1) is 0 Å². The van der Waals surface area contributed by atoms with E-state index >= 15 is 0 Å². The van der Waals surface area contributed by atoms with Gasteiger partial charge < -0.3 is 4.12 Å². The van der Waals surface area contributed by atoms with Crippen molar-refractivity contribution in [1.29, 1.82) is 0 Å². The molecule has 0 saturated carbocycles. The van der Waals surface area contributed by atoms with Gasteiger partial charge in [0.1, 0.15) is 0 Å². The van der Waals surface area contributed by atoms with Gasteiger partial charge in [0.25, 0.3) is 0 Å². The molecule has 0 spiro atoms. The fourth-order valence-corrected chi connectivity index (χ4v) is 14.1. The lowest BCUT2D eigenvalue weighted by molar-refractivity contribution is 0.0979. The predicted molar refractivity (Wildman–Crippen MR) is 95.1 cm³/mol. The monoisotopic (exact) mass is 338 g/mol. The molecular weight excluding hydrogens is 320 g/mol. The minimum atomic E-state index is -2.00. The van der Waals surface area contributed by atoms with Gasteiger partial charge in [0, 0.05) is 22.3 Å². The average Bonchev–Trinajstić information content (AvgIpc) is 2.68. The molecule has 116 valence electrons. The first kappa shape index (κ1) is 14.7. The van der Waals surface area contributed by atoms with Gasteiger partial charge >= 0.3 is 0 Å². The number of hydrogen-bond donors (Lipinski definition) is 0. The molecule has 1 aliphatic heterocycles. The van der Waals surface area contributed by atoms with Crippen molar-refractivity contribution in [1.82, 2.24) is 0 Å². The van der Waals surface area contributed by atoms with Crippen molar-refractivity contribution in [2.75, 3.05) is 0 Å². The van der Waals surface area contributed by atoms with Gasteiger partial charge in [0.05, 0.1) is 0 Å². The Morgan fingerprint density at radius 2 is 1.09 bits per heavy atom.